The molecule has 1 N–H and O–H groups in total. The Kier molecular flexibility index (Phi) is 4.36. The highest BCUT2D eigenvalue weighted by Crippen LogP contribution is 2.16. The quantitative estimate of drug-likeness (QED) is 0.793. The van der Waals surface area contributed by atoms with E-state index >= 15 is 0 Å². The van der Waals surface area contributed by atoms with E-state index in [-0.39, 0.29) is 0 Å². The Morgan fingerprint density at radius 2 is 2.56 bits per heavy atom. The van der Waals surface area contributed by atoms with Crippen molar-refractivity contribution >= 4 is 0 Å². The Morgan fingerprint density at radius 1 is 1.62 bits per heavy atom. The van der Waals surface area contributed by atoms with Crippen molar-refractivity contribution in [3.05, 3.63) is 18.5 Å². The van der Waals surface area contributed by atoms with Gasteiger partial charge in [-0.3, -0.25) is 4.68 Å². The van der Waals surface area contributed by atoms with E-state index in [9.17, 15) is 0 Å². The maximum absolute atomic E-state index is 5.62. The molecule has 0 aliphatic carbocycles. The molecule has 1 aromatic rings. The Morgan fingerprint density at radius 3 is 3.25 bits per heavy atom. The van der Waals surface area contributed by atoms with Gasteiger partial charge < -0.3 is 10.1 Å². The molecule has 1 aliphatic heterocycles. The van der Waals surface area contributed by atoms with Crippen molar-refractivity contribution in [1.82, 2.24) is 15.1 Å². The van der Waals surface area contributed by atoms with E-state index in [0.29, 0.717) is 12.1 Å². The standard InChI is InChI=1S/C12H21N3O/c1-11(10-12-4-2-9-16-12)13-6-8-15-7-3-5-14-15/h3,5,7,11-13H,2,4,6,8-10H2,1H3. The van der Waals surface area contributed by atoms with Crippen molar-refractivity contribution in [3.63, 3.8) is 0 Å². The Bertz CT molecular complexity index is 280. The van der Waals surface area contributed by atoms with Crippen LogP contribution in [0.4, 0.5) is 0 Å². The normalized spacial score (nSPS) is 22.4. The molecule has 2 heterocycles. The summed E-state index contributed by atoms with van der Waals surface area (Å²) in [6, 6.07) is 2.48. The average molecular weight is 223 g/mol. The van der Waals surface area contributed by atoms with Crippen LogP contribution < -0.4 is 5.32 Å². The van der Waals surface area contributed by atoms with Gasteiger partial charge in [0.05, 0.1) is 12.6 Å². The molecule has 0 spiro atoms. The number of nitrogens with zero attached hydrogens (tertiary/aromatic N) is 2. The summed E-state index contributed by atoms with van der Waals surface area (Å²) in [6.07, 6.45) is 7.86. The fourth-order valence-corrected chi connectivity index (χ4v) is 2.17. The van der Waals surface area contributed by atoms with E-state index in [1.165, 1.54) is 12.8 Å². The van der Waals surface area contributed by atoms with Gasteiger partial charge in [0.15, 0.2) is 0 Å². The molecule has 0 amide bonds. The molecule has 4 heteroatoms. The number of ether oxygens (including phenoxy) is 1. The monoisotopic (exact) mass is 223 g/mol. The molecule has 16 heavy (non-hydrogen) atoms. The minimum atomic E-state index is 0.479. The Balaban J connectivity index is 1.58. The molecule has 4 nitrogen and oxygen atoms in total. The SMILES string of the molecule is CC(CC1CCCO1)NCCn1cccn1. The third-order valence-corrected chi connectivity index (χ3v) is 3.03. The van der Waals surface area contributed by atoms with Crippen molar-refractivity contribution in [2.24, 2.45) is 0 Å². The van der Waals surface area contributed by atoms with Crippen LogP contribution in [0.25, 0.3) is 0 Å². The fraction of sp³-hybridized carbons (Fsp3) is 0.750. The third kappa shape index (κ3) is 3.61. The second kappa shape index (κ2) is 6.01. The molecule has 1 aromatic heterocycles. The summed E-state index contributed by atoms with van der Waals surface area (Å²) in [7, 11) is 0. The zero-order valence-electron chi connectivity index (χ0n) is 9.93. The lowest BCUT2D eigenvalue weighted by Gasteiger charge is -2.17. The molecule has 0 bridgehead atoms. The highest BCUT2D eigenvalue weighted by molar-refractivity contribution is 4.78. The molecule has 1 fully saturated rings. The molecule has 0 saturated carbocycles. The zero-order valence-corrected chi connectivity index (χ0v) is 9.93. The van der Waals surface area contributed by atoms with Gasteiger partial charge in [-0.2, -0.15) is 5.10 Å². The number of hydrogen-bond acceptors (Lipinski definition) is 3. The van der Waals surface area contributed by atoms with Crippen LogP contribution in [-0.2, 0) is 11.3 Å². The molecule has 2 atom stereocenters. The minimum absolute atomic E-state index is 0.479. The van der Waals surface area contributed by atoms with E-state index in [0.717, 1.165) is 26.1 Å². The lowest BCUT2D eigenvalue weighted by Crippen LogP contribution is -2.32. The summed E-state index contributed by atoms with van der Waals surface area (Å²) in [5.41, 5.74) is 0. The largest absolute Gasteiger partial charge is 0.378 e. The Labute approximate surface area is 97.0 Å². The van der Waals surface area contributed by atoms with Crippen LogP contribution in [0, 0.1) is 0 Å². The van der Waals surface area contributed by atoms with Gasteiger partial charge in [0.1, 0.15) is 0 Å². The summed E-state index contributed by atoms with van der Waals surface area (Å²) in [6.45, 7) is 5.08. The summed E-state index contributed by atoms with van der Waals surface area (Å²) < 4.78 is 7.57. The maximum atomic E-state index is 5.62. The van der Waals surface area contributed by atoms with Gasteiger partial charge in [-0.25, -0.2) is 0 Å². The van der Waals surface area contributed by atoms with E-state index in [4.69, 9.17) is 4.74 Å². The van der Waals surface area contributed by atoms with Gasteiger partial charge in [-0.05, 0) is 32.3 Å². The van der Waals surface area contributed by atoms with E-state index in [2.05, 4.69) is 17.3 Å². The topological polar surface area (TPSA) is 39.1 Å². The van der Waals surface area contributed by atoms with Crippen molar-refractivity contribution in [2.45, 2.75) is 44.9 Å². The molecular formula is C12H21N3O. The van der Waals surface area contributed by atoms with Gasteiger partial charge in [-0.15, -0.1) is 0 Å². The van der Waals surface area contributed by atoms with Crippen LogP contribution in [0.3, 0.4) is 0 Å². The molecule has 0 aromatic carbocycles. The fourth-order valence-electron chi connectivity index (χ4n) is 2.17. The van der Waals surface area contributed by atoms with Crippen LogP contribution in [0.5, 0.6) is 0 Å². The summed E-state index contributed by atoms with van der Waals surface area (Å²) in [4.78, 5) is 0. The first-order valence-corrected chi connectivity index (χ1v) is 6.17. The average Bonchev–Trinajstić information content (AvgIpc) is 2.90. The van der Waals surface area contributed by atoms with Crippen molar-refractivity contribution in [2.75, 3.05) is 13.2 Å². The van der Waals surface area contributed by atoms with Gasteiger partial charge in [0.2, 0.25) is 0 Å². The predicted molar refractivity (Wildman–Crippen MR) is 63.3 cm³/mol. The van der Waals surface area contributed by atoms with Gasteiger partial charge in [-0.1, -0.05) is 0 Å². The first kappa shape index (κ1) is 11.6. The van der Waals surface area contributed by atoms with Crippen molar-refractivity contribution in [3.8, 4) is 0 Å². The molecular weight excluding hydrogens is 202 g/mol. The lowest BCUT2D eigenvalue weighted by atomic mass is 10.1. The van der Waals surface area contributed by atoms with Crippen molar-refractivity contribution < 1.29 is 4.74 Å². The van der Waals surface area contributed by atoms with Gasteiger partial charge in [0, 0.05) is 31.6 Å². The van der Waals surface area contributed by atoms with E-state index in [1.54, 1.807) is 0 Å². The molecule has 0 radical (unpaired) electrons. The summed E-state index contributed by atoms with van der Waals surface area (Å²) >= 11 is 0. The highest BCUT2D eigenvalue weighted by atomic mass is 16.5. The zero-order chi connectivity index (χ0) is 11.2. The molecule has 2 rings (SSSR count). The lowest BCUT2D eigenvalue weighted by molar-refractivity contribution is 0.0962. The first-order chi connectivity index (χ1) is 7.84. The summed E-state index contributed by atoms with van der Waals surface area (Å²) in [5.74, 6) is 0. The molecule has 1 aliphatic rings. The van der Waals surface area contributed by atoms with E-state index in [1.807, 2.05) is 23.1 Å². The summed E-state index contributed by atoms with van der Waals surface area (Å²) in [5, 5.41) is 7.68. The molecule has 90 valence electrons. The molecule has 1 saturated heterocycles. The third-order valence-electron chi connectivity index (χ3n) is 3.03. The van der Waals surface area contributed by atoms with Crippen LogP contribution >= 0.6 is 0 Å². The smallest absolute Gasteiger partial charge is 0.0590 e. The van der Waals surface area contributed by atoms with Gasteiger partial charge in [0.25, 0.3) is 0 Å². The second-order valence-corrected chi connectivity index (χ2v) is 4.50. The van der Waals surface area contributed by atoms with E-state index < -0.39 is 0 Å². The molecule has 2 unspecified atom stereocenters. The number of rotatable bonds is 6. The van der Waals surface area contributed by atoms with Crippen molar-refractivity contribution in [1.29, 1.82) is 0 Å². The van der Waals surface area contributed by atoms with Crippen LogP contribution in [0.1, 0.15) is 26.2 Å². The number of nitrogens with one attached hydrogen (secondary N) is 1. The predicted octanol–water partition coefficient (Wildman–Crippen LogP) is 1.43. The van der Waals surface area contributed by atoms with Crippen LogP contribution in [0.15, 0.2) is 18.5 Å². The maximum Gasteiger partial charge on any atom is 0.0590 e. The minimum Gasteiger partial charge on any atom is -0.378 e. The van der Waals surface area contributed by atoms with Crippen LogP contribution in [-0.4, -0.2) is 35.1 Å². The highest BCUT2D eigenvalue weighted by Gasteiger charge is 2.17. The number of hydrogen-bond donors (Lipinski definition) is 1. The number of aromatic nitrogens is 2. The van der Waals surface area contributed by atoms with Crippen LogP contribution in [0.2, 0.25) is 0 Å². The first-order valence-electron chi connectivity index (χ1n) is 6.17. The Hall–Kier alpha value is -0.870. The van der Waals surface area contributed by atoms with Gasteiger partial charge >= 0.3 is 0 Å². The second-order valence-electron chi connectivity index (χ2n) is 4.50.